The molecule has 1 aromatic carbocycles. The van der Waals surface area contributed by atoms with Crippen molar-refractivity contribution in [1.82, 2.24) is 4.98 Å². The maximum absolute atomic E-state index is 12.1. The van der Waals surface area contributed by atoms with Gasteiger partial charge in [0.05, 0.1) is 17.1 Å². The Hall–Kier alpha value is -1.48. The van der Waals surface area contributed by atoms with Crippen LogP contribution in [0.4, 0.5) is 0 Å². The van der Waals surface area contributed by atoms with Crippen LogP contribution in [0.2, 0.25) is 0 Å². The van der Waals surface area contributed by atoms with Crippen LogP contribution in [0, 0.1) is 6.92 Å². The van der Waals surface area contributed by atoms with Crippen molar-refractivity contribution >= 4 is 17.1 Å². The topological polar surface area (TPSA) is 30.0 Å². The number of Topliss-reactive ketones (excluding diaryl/α,β-unsaturated/α-hetero) is 1. The molecule has 0 aliphatic carbocycles. The van der Waals surface area contributed by atoms with Crippen LogP contribution in [0.1, 0.15) is 46.4 Å². The van der Waals surface area contributed by atoms with Gasteiger partial charge in [0.1, 0.15) is 0 Å². The fourth-order valence-electron chi connectivity index (χ4n) is 1.81. The second kappa shape index (κ2) is 5.44. The molecule has 0 atom stereocenters. The quantitative estimate of drug-likeness (QED) is 0.777. The molecule has 94 valence electrons. The van der Waals surface area contributed by atoms with Crippen molar-refractivity contribution in [1.29, 1.82) is 0 Å². The number of hydrogen-bond donors (Lipinski definition) is 0. The second-order valence-corrected chi connectivity index (χ2v) is 5.80. The molecule has 3 heteroatoms. The van der Waals surface area contributed by atoms with Crippen molar-refractivity contribution in [2.75, 3.05) is 0 Å². The highest BCUT2D eigenvalue weighted by molar-refractivity contribution is 7.09. The summed E-state index contributed by atoms with van der Waals surface area (Å²) in [4.78, 5) is 16.4. The Bertz CT molecular complexity index is 540. The minimum atomic E-state index is 0.135. The third kappa shape index (κ3) is 3.05. The van der Waals surface area contributed by atoms with Crippen LogP contribution in [0.5, 0.6) is 0 Å². The molecule has 0 aliphatic rings. The van der Waals surface area contributed by atoms with E-state index in [1.807, 2.05) is 36.6 Å². The maximum atomic E-state index is 12.1. The molecule has 0 amide bonds. The molecule has 2 rings (SSSR count). The largest absolute Gasteiger partial charge is 0.294 e. The number of carbonyl (C=O) groups excluding carboxylic acids is 1. The summed E-state index contributed by atoms with van der Waals surface area (Å²) in [6, 6.07) is 7.89. The van der Waals surface area contributed by atoms with E-state index in [1.54, 1.807) is 11.3 Å². The molecule has 2 nitrogen and oxygen atoms in total. The smallest absolute Gasteiger partial charge is 0.168 e. The molecule has 0 radical (unpaired) electrons. The Labute approximate surface area is 112 Å². The van der Waals surface area contributed by atoms with Crippen LogP contribution >= 0.6 is 11.3 Å². The number of hydrogen-bond acceptors (Lipinski definition) is 3. The van der Waals surface area contributed by atoms with E-state index in [9.17, 15) is 4.79 Å². The third-order valence-corrected chi connectivity index (χ3v) is 3.73. The van der Waals surface area contributed by atoms with E-state index in [2.05, 4.69) is 18.8 Å². The summed E-state index contributed by atoms with van der Waals surface area (Å²) < 4.78 is 0. The Kier molecular flexibility index (Phi) is 3.92. The molecule has 1 heterocycles. The lowest BCUT2D eigenvalue weighted by Gasteiger charge is -2.05. The minimum Gasteiger partial charge on any atom is -0.294 e. The van der Waals surface area contributed by atoms with Crippen LogP contribution in [0.15, 0.2) is 29.6 Å². The summed E-state index contributed by atoms with van der Waals surface area (Å²) in [7, 11) is 0. The van der Waals surface area contributed by atoms with E-state index in [0.29, 0.717) is 12.3 Å². The standard InChI is InChI=1S/C15H17NOS/c1-10(2)12-4-6-13(7-5-12)15(17)8-14-9-18-11(3)16-14/h4-7,9-10H,8H2,1-3H3. The van der Waals surface area contributed by atoms with Crippen LogP contribution in [0.3, 0.4) is 0 Å². The Morgan fingerprint density at radius 2 is 1.94 bits per heavy atom. The van der Waals surface area contributed by atoms with Gasteiger partial charge in [-0.1, -0.05) is 38.1 Å². The van der Waals surface area contributed by atoms with E-state index in [4.69, 9.17) is 0 Å². The van der Waals surface area contributed by atoms with Gasteiger partial charge in [-0.2, -0.15) is 0 Å². The van der Waals surface area contributed by atoms with Gasteiger partial charge in [0.15, 0.2) is 5.78 Å². The molecule has 0 aliphatic heterocycles. The summed E-state index contributed by atoms with van der Waals surface area (Å²) in [5.41, 5.74) is 2.90. The summed E-state index contributed by atoms with van der Waals surface area (Å²) in [6.45, 7) is 6.25. The molecule has 18 heavy (non-hydrogen) atoms. The Balaban J connectivity index is 2.09. The number of aromatic nitrogens is 1. The first-order valence-corrected chi connectivity index (χ1v) is 6.98. The number of ketones is 1. The Morgan fingerprint density at radius 1 is 1.28 bits per heavy atom. The van der Waals surface area contributed by atoms with Crippen molar-refractivity contribution < 1.29 is 4.79 Å². The zero-order chi connectivity index (χ0) is 13.1. The van der Waals surface area contributed by atoms with Crippen molar-refractivity contribution in [3.8, 4) is 0 Å². The second-order valence-electron chi connectivity index (χ2n) is 4.73. The predicted octanol–water partition coefficient (Wildman–Crippen LogP) is 4.00. The van der Waals surface area contributed by atoms with Gasteiger partial charge in [-0.15, -0.1) is 11.3 Å². The Morgan fingerprint density at radius 3 is 2.44 bits per heavy atom. The van der Waals surface area contributed by atoms with Crippen molar-refractivity contribution in [2.24, 2.45) is 0 Å². The van der Waals surface area contributed by atoms with Crippen molar-refractivity contribution in [3.05, 3.63) is 51.5 Å². The van der Waals surface area contributed by atoms with Gasteiger partial charge >= 0.3 is 0 Å². The van der Waals surface area contributed by atoms with E-state index < -0.39 is 0 Å². The highest BCUT2D eigenvalue weighted by atomic mass is 32.1. The molecule has 0 saturated heterocycles. The normalized spacial score (nSPS) is 10.9. The molecular formula is C15H17NOS. The predicted molar refractivity (Wildman–Crippen MR) is 75.4 cm³/mol. The highest BCUT2D eigenvalue weighted by Gasteiger charge is 2.09. The van der Waals surface area contributed by atoms with Crippen LogP contribution in [0.25, 0.3) is 0 Å². The van der Waals surface area contributed by atoms with Gasteiger partial charge < -0.3 is 0 Å². The van der Waals surface area contributed by atoms with Gasteiger partial charge in [-0.05, 0) is 18.4 Å². The molecule has 0 N–H and O–H groups in total. The van der Waals surface area contributed by atoms with Crippen LogP contribution in [-0.2, 0) is 6.42 Å². The molecule has 0 spiro atoms. The van der Waals surface area contributed by atoms with E-state index >= 15 is 0 Å². The highest BCUT2D eigenvalue weighted by Crippen LogP contribution is 2.16. The molecule has 0 unspecified atom stereocenters. The van der Waals surface area contributed by atoms with Gasteiger partial charge in [0.2, 0.25) is 0 Å². The average Bonchev–Trinajstić information content (AvgIpc) is 2.75. The summed E-state index contributed by atoms with van der Waals surface area (Å²) >= 11 is 1.58. The first kappa shape index (κ1) is 13.0. The van der Waals surface area contributed by atoms with Gasteiger partial charge in [0.25, 0.3) is 0 Å². The van der Waals surface area contributed by atoms with E-state index in [-0.39, 0.29) is 5.78 Å². The summed E-state index contributed by atoms with van der Waals surface area (Å²) in [5.74, 6) is 0.631. The summed E-state index contributed by atoms with van der Waals surface area (Å²) in [6.07, 6.45) is 0.394. The fraction of sp³-hybridized carbons (Fsp3) is 0.333. The molecule has 1 aromatic heterocycles. The molecule has 0 saturated carbocycles. The number of rotatable bonds is 4. The van der Waals surface area contributed by atoms with E-state index in [0.717, 1.165) is 16.3 Å². The SMILES string of the molecule is Cc1nc(CC(=O)c2ccc(C(C)C)cc2)cs1. The van der Waals surface area contributed by atoms with Crippen LogP contribution in [-0.4, -0.2) is 10.8 Å². The lowest BCUT2D eigenvalue weighted by molar-refractivity contribution is 0.0992. The number of carbonyl (C=O) groups is 1. The zero-order valence-electron chi connectivity index (χ0n) is 10.9. The van der Waals surface area contributed by atoms with Gasteiger partial charge in [-0.25, -0.2) is 4.98 Å². The first-order valence-electron chi connectivity index (χ1n) is 6.10. The van der Waals surface area contributed by atoms with Gasteiger partial charge in [-0.3, -0.25) is 4.79 Å². The molecule has 2 aromatic rings. The number of thiazole rings is 1. The lowest BCUT2D eigenvalue weighted by Crippen LogP contribution is -2.04. The zero-order valence-corrected chi connectivity index (χ0v) is 11.8. The first-order chi connectivity index (χ1) is 8.56. The number of nitrogens with zero attached hydrogens (tertiary/aromatic N) is 1. The molecule has 0 bridgehead atoms. The van der Waals surface area contributed by atoms with E-state index in [1.165, 1.54) is 5.56 Å². The fourth-order valence-corrected chi connectivity index (χ4v) is 2.42. The third-order valence-electron chi connectivity index (χ3n) is 2.91. The summed E-state index contributed by atoms with van der Waals surface area (Å²) in [5, 5.41) is 2.96. The molecular weight excluding hydrogens is 242 g/mol. The van der Waals surface area contributed by atoms with Crippen molar-refractivity contribution in [3.63, 3.8) is 0 Å². The minimum absolute atomic E-state index is 0.135. The average molecular weight is 259 g/mol. The number of benzene rings is 1. The molecule has 0 fully saturated rings. The van der Waals surface area contributed by atoms with Crippen LogP contribution < -0.4 is 0 Å². The monoisotopic (exact) mass is 259 g/mol. The lowest BCUT2D eigenvalue weighted by atomic mass is 9.99. The maximum Gasteiger partial charge on any atom is 0.168 e. The number of aryl methyl sites for hydroxylation is 1. The van der Waals surface area contributed by atoms with Gasteiger partial charge in [0, 0.05) is 10.9 Å². The van der Waals surface area contributed by atoms with Crippen molar-refractivity contribution in [2.45, 2.75) is 33.1 Å².